The minimum absolute atomic E-state index is 0.0167. The molecule has 0 bridgehead atoms. The van der Waals surface area contributed by atoms with E-state index in [1.807, 2.05) is 37.3 Å². The highest BCUT2D eigenvalue weighted by molar-refractivity contribution is 5.87. The SMILES string of the molecule is C[C@H](c1ccccc1)N1C[C@@H](C(=O)OCc2ccc([N+](=O)[O-])cc2)CC1=O. The van der Waals surface area contributed by atoms with Gasteiger partial charge in [-0.3, -0.25) is 19.7 Å². The van der Waals surface area contributed by atoms with Crippen molar-refractivity contribution in [1.29, 1.82) is 0 Å². The van der Waals surface area contributed by atoms with Gasteiger partial charge in [-0.1, -0.05) is 30.3 Å². The Morgan fingerprint density at radius 3 is 2.52 bits per heavy atom. The summed E-state index contributed by atoms with van der Waals surface area (Å²) < 4.78 is 5.31. The lowest BCUT2D eigenvalue weighted by atomic mass is 10.1. The summed E-state index contributed by atoms with van der Waals surface area (Å²) in [7, 11) is 0. The monoisotopic (exact) mass is 368 g/mol. The van der Waals surface area contributed by atoms with Crippen molar-refractivity contribution in [3.63, 3.8) is 0 Å². The van der Waals surface area contributed by atoms with E-state index in [2.05, 4.69) is 0 Å². The van der Waals surface area contributed by atoms with Crippen LogP contribution in [0.25, 0.3) is 0 Å². The van der Waals surface area contributed by atoms with Crippen molar-refractivity contribution in [2.24, 2.45) is 5.92 Å². The van der Waals surface area contributed by atoms with Crippen molar-refractivity contribution < 1.29 is 19.2 Å². The van der Waals surface area contributed by atoms with Gasteiger partial charge in [0.15, 0.2) is 0 Å². The number of carbonyl (C=O) groups excluding carboxylic acids is 2. The van der Waals surface area contributed by atoms with E-state index in [-0.39, 0.29) is 30.7 Å². The van der Waals surface area contributed by atoms with Gasteiger partial charge in [-0.2, -0.15) is 0 Å². The van der Waals surface area contributed by atoms with Crippen LogP contribution < -0.4 is 0 Å². The number of amides is 1. The average Bonchev–Trinajstić information content (AvgIpc) is 3.08. The smallest absolute Gasteiger partial charge is 0.311 e. The Balaban J connectivity index is 1.56. The molecule has 0 aliphatic carbocycles. The number of benzene rings is 2. The van der Waals surface area contributed by atoms with Crippen LogP contribution in [0.3, 0.4) is 0 Å². The van der Waals surface area contributed by atoms with Crippen LogP contribution in [0.5, 0.6) is 0 Å². The number of hydrogen-bond acceptors (Lipinski definition) is 5. The first-order valence-electron chi connectivity index (χ1n) is 8.70. The van der Waals surface area contributed by atoms with E-state index in [1.54, 1.807) is 17.0 Å². The first-order valence-corrected chi connectivity index (χ1v) is 8.70. The second-order valence-corrected chi connectivity index (χ2v) is 6.57. The van der Waals surface area contributed by atoms with Gasteiger partial charge >= 0.3 is 5.97 Å². The third-order valence-corrected chi connectivity index (χ3v) is 4.77. The van der Waals surface area contributed by atoms with Crippen LogP contribution in [0, 0.1) is 16.0 Å². The zero-order valence-corrected chi connectivity index (χ0v) is 14.9. The number of nitro benzene ring substituents is 1. The summed E-state index contributed by atoms with van der Waals surface area (Å²) in [6, 6.07) is 15.4. The van der Waals surface area contributed by atoms with Crippen molar-refractivity contribution in [3.05, 3.63) is 75.8 Å². The predicted octanol–water partition coefficient (Wildman–Crippen LogP) is 3.25. The molecule has 0 aromatic heterocycles. The molecule has 7 heteroatoms. The summed E-state index contributed by atoms with van der Waals surface area (Å²) in [5, 5.41) is 10.7. The Morgan fingerprint density at radius 1 is 1.22 bits per heavy atom. The van der Waals surface area contributed by atoms with E-state index in [4.69, 9.17) is 4.74 Å². The maximum atomic E-state index is 12.3. The molecule has 1 heterocycles. The second-order valence-electron chi connectivity index (χ2n) is 6.57. The Kier molecular flexibility index (Phi) is 5.49. The van der Waals surface area contributed by atoms with E-state index < -0.39 is 16.8 Å². The van der Waals surface area contributed by atoms with Crippen LogP contribution in [-0.4, -0.2) is 28.2 Å². The number of nitrogens with zero attached hydrogens (tertiary/aromatic N) is 2. The van der Waals surface area contributed by atoms with Crippen LogP contribution >= 0.6 is 0 Å². The van der Waals surface area contributed by atoms with Crippen LogP contribution in [0.15, 0.2) is 54.6 Å². The van der Waals surface area contributed by atoms with E-state index >= 15 is 0 Å². The molecule has 1 aliphatic heterocycles. The fourth-order valence-electron chi connectivity index (χ4n) is 3.16. The molecule has 27 heavy (non-hydrogen) atoms. The van der Waals surface area contributed by atoms with Gasteiger partial charge in [0.05, 0.1) is 16.9 Å². The molecular formula is C20H20N2O5. The van der Waals surface area contributed by atoms with Gasteiger partial charge < -0.3 is 9.64 Å². The van der Waals surface area contributed by atoms with Crippen molar-refractivity contribution in [2.45, 2.75) is 26.0 Å². The number of nitro groups is 1. The van der Waals surface area contributed by atoms with Gasteiger partial charge in [0, 0.05) is 25.1 Å². The summed E-state index contributed by atoms with van der Waals surface area (Å²) in [5.74, 6) is -0.991. The second kappa shape index (κ2) is 7.99. The molecule has 0 saturated carbocycles. The summed E-state index contributed by atoms with van der Waals surface area (Å²) in [6.45, 7) is 2.29. The minimum Gasteiger partial charge on any atom is -0.461 e. The summed E-state index contributed by atoms with van der Waals surface area (Å²) in [6.07, 6.45) is 0.135. The molecule has 2 aromatic carbocycles. The summed E-state index contributed by atoms with van der Waals surface area (Å²) in [5.41, 5.74) is 1.66. The quantitative estimate of drug-likeness (QED) is 0.443. The van der Waals surface area contributed by atoms with Gasteiger partial charge in [0.2, 0.25) is 5.91 Å². The van der Waals surface area contributed by atoms with Gasteiger partial charge in [-0.25, -0.2) is 0 Å². The fraction of sp³-hybridized carbons (Fsp3) is 0.300. The van der Waals surface area contributed by atoms with Gasteiger partial charge in [-0.15, -0.1) is 0 Å². The number of non-ortho nitro benzene ring substituents is 1. The largest absolute Gasteiger partial charge is 0.461 e. The molecule has 1 saturated heterocycles. The van der Waals surface area contributed by atoms with Crippen molar-refractivity contribution in [3.8, 4) is 0 Å². The Bertz CT molecular complexity index is 835. The molecule has 0 unspecified atom stereocenters. The lowest BCUT2D eigenvalue weighted by molar-refractivity contribution is -0.384. The van der Waals surface area contributed by atoms with E-state index in [9.17, 15) is 19.7 Å². The molecule has 2 aromatic rings. The lowest BCUT2D eigenvalue weighted by Crippen LogP contribution is -2.29. The van der Waals surface area contributed by atoms with E-state index in [0.29, 0.717) is 12.1 Å². The predicted molar refractivity (Wildman–Crippen MR) is 97.6 cm³/mol. The van der Waals surface area contributed by atoms with Crippen LogP contribution in [-0.2, 0) is 20.9 Å². The lowest BCUT2D eigenvalue weighted by Gasteiger charge is -2.25. The highest BCUT2D eigenvalue weighted by Gasteiger charge is 2.37. The standard InChI is InChI=1S/C20H20N2O5/c1-14(16-5-3-2-4-6-16)21-12-17(11-19(21)23)20(24)27-13-15-7-9-18(10-8-15)22(25)26/h2-10,14,17H,11-13H2,1H3/t14-,17+/m1/s1. The molecule has 0 spiro atoms. The van der Waals surface area contributed by atoms with Crippen LogP contribution in [0.4, 0.5) is 5.69 Å². The Hall–Kier alpha value is -3.22. The molecule has 140 valence electrons. The molecule has 0 N–H and O–H groups in total. The molecule has 2 atom stereocenters. The Morgan fingerprint density at radius 2 is 1.89 bits per heavy atom. The number of rotatable bonds is 6. The first-order chi connectivity index (χ1) is 13.0. The fourth-order valence-corrected chi connectivity index (χ4v) is 3.16. The maximum Gasteiger partial charge on any atom is 0.311 e. The van der Waals surface area contributed by atoms with E-state index in [0.717, 1.165) is 5.56 Å². The molecule has 7 nitrogen and oxygen atoms in total. The minimum atomic E-state index is -0.498. The average molecular weight is 368 g/mol. The van der Waals surface area contributed by atoms with Gasteiger partial charge in [-0.05, 0) is 30.2 Å². The number of likely N-dealkylation sites (tertiary alicyclic amines) is 1. The zero-order valence-electron chi connectivity index (χ0n) is 14.9. The highest BCUT2D eigenvalue weighted by atomic mass is 16.6. The topological polar surface area (TPSA) is 89.8 Å². The first kappa shape index (κ1) is 18.6. The van der Waals surface area contributed by atoms with Gasteiger partial charge in [0.25, 0.3) is 5.69 Å². The normalized spacial score (nSPS) is 17.6. The van der Waals surface area contributed by atoms with Crippen molar-refractivity contribution in [1.82, 2.24) is 4.90 Å². The van der Waals surface area contributed by atoms with Crippen LogP contribution in [0.1, 0.15) is 30.5 Å². The number of hydrogen-bond donors (Lipinski definition) is 0. The number of esters is 1. The number of ether oxygens (including phenoxy) is 1. The molecule has 1 amide bonds. The zero-order chi connectivity index (χ0) is 19.4. The molecule has 1 fully saturated rings. The Labute approximate surface area is 156 Å². The maximum absolute atomic E-state index is 12.3. The third-order valence-electron chi connectivity index (χ3n) is 4.77. The van der Waals surface area contributed by atoms with Crippen molar-refractivity contribution in [2.75, 3.05) is 6.54 Å². The highest BCUT2D eigenvalue weighted by Crippen LogP contribution is 2.29. The molecule has 1 aliphatic rings. The van der Waals surface area contributed by atoms with E-state index in [1.165, 1.54) is 12.1 Å². The summed E-state index contributed by atoms with van der Waals surface area (Å²) >= 11 is 0. The molecule has 3 rings (SSSR count). The van der Waals surface area contributed by atoms with Gasteiger partial charge in [0.1, 0.15) is 6.61 Å². The summed E-state index contributed by atoms with van der Waals surface area (Å²) in [4.78, 5) is 36.5. The van der Waals surface area contributed by atoms with Crippen LogP contribution in [0.2, 0.25) is 0 Å². The molecule has 0 radical (unpaired) electrons. The molecular weight excluding hydrogens is 348 g/mol. The third kappa shape index (κ3) is 4.31. The van der Waals surface area contributed by atoms with Crippen molar-refractivity contribution >= 4 is 17.6 Å². The number of carbonyl (C=O) groups is 2.